The first kappa shape index (κ1) is 22.5. The van der Waals surface area contributed by atoms with Gasteiger partial charge in [0.25, 0.3) is 22.6 Å². The SMILES string of the molecule is Cc1cccc(Cn2cccc(C(=O)NCC(=O)Nc3cccc4c(=O)[nH][nH]c(=O)c34)c2=O)c1. The van der Waals surface area contributed by atoms with Crippen molar-refractivity contribution in [1.29, 1.82) is 0 Å². The molecule has 2 heterocycles. The molecule has 0 unspecified atom stereocenters. The van der Waals surface area contributed by atoms with E-state index in [4.69, 9.17) is 0 Å². The Morgan fingerprint density at radius 1 is 0.941 bits per heavy atom. The molecule has 0 aliphatic rings. The van der Waals surface area contributed by atoms with Gasteiger partial charge < -0.3 is 15.2 Å². The van der Waals surface area contributed by atoms with Gasteiger partial charge in [0.15, 0.2) is 0 Å². The van der Waals surface area contributed by atoms with E-state index >= 15 is 0 Å². The molecule has 0 aliphatic heterocycles. The number of carbonyl (C=O) groups is 2. The third-order valence-corrected chi connectivity index (χ3v) is 5.21. The predicted molar refractivity (Wildman–Crippen MR) is 127 cm³/mol. The van der Waals surface area contributed by atoms with Gasteiger partial charge in [-0.2, -0.15) is 0 Å². The molecule has 4 rings (SSSR count). The van der Waals surface area contributed by atoms with Crippen LogP contribution < -0.4 is 27.3 Å². The Hall–Kier alpha value is -4.73. The van der Waals surface area contributed by atoms with Gasteiger partial charge in [-0.15, -0.1) is 0 Å². The fourth-order valence-electron chi connectivity index (χ4n) is 3.63. The minimum atomic E-state index is -0.703. The van der Waals surface area contributed by atoms with Crippen molar-refractivity contribution in [3.05, 3.63) is 109 Å². The molecule has 0 saturated heterocycles. The minimum absolute atomic E-state index is 0.0213. The number of rotatable bonds is 6. The van der Waals surface area contributed by atoms with Gasteiger partial charge in [0.2, 0.25) is 5.91 Å². The normalized spacial score (nSPS) is 10.7. The number of hydrogen-bond donors (Lipinski definition) is 4. The molecule has 2 aromatic heterocycles. The van der Waals surface area contributed by atoms with Gasteiger partial charge in [0.05, 0.1) is 29.5 Å². The van der Waals surface area contributed by atoms with E-state index in [2.05, 4.69) is 20.8 Å². The zero-order valence-electron chi connectivity index (χ0n) is 18.2. The quantitative estimate of drug-likeness (QED) is 0.341. The fraction of sp³-hybridized carbons (Fsp3) is 0.125. The van der Waals surface area contributed by atoms with Gasteiger partial charge in [-0.25, -0.2) is 0 Å². The van der Waals surface area contributed by atoms with Gasteiger partial charge in [-0.3, -0.25) is 34.2 Å². The molecule has 2 aromatic carbocycles. The summed E-state index contributed by atoms with van der Waals surface area (Å²) in [5.41, 5.74) is 0.436. The van der Waals surface area contributed by atoms with Crippen molar-refractivity contribution in [3.8, 4) is 0 Å². The Morgan fingerprint density at radius 2 is 1.71 bits per heavy atom. The zero-order valence-corrected chi connectivity index (χ0v) is 18.2. The molecule has 4 N–H and O–H groups in total. The molecule has 10 heteroatoms. The number of aromatic nitrogens is 3. The van der Waals surface area contributed by atoms with E-state index in [0.717, 1.165) is 11.1 Å². The predicted octanol–water partition coefficient (Wildman–Crippen LogP) is 1.10. The van der Waals surface area contributed by atoms with Crippen LogP contribution in [0.5, 0.6) is 0 Å². The monoisotopic (exact) mass is 459 g/mol. The number of fused-ring (bicyclic) bond motifs is 1. The highest BCUT2D eigenvalue weighted by atomic mass is 16.2. The van der Waals surface area contributed by atoms with Crippen LogP contribution in [0.2, 0.25) is 0 Å². The van der Waals surface area contributed by atoms with E-state index in [9.17, 15) is 24.0 Å². The van der Waals surface area contributed by atoms with Crippen LogP contribution in [0.25, 0.3) is 10.8 Å². The number of carbonyl (C=O) groups excluding carboxylic acids is 2. The summed E-state index contributed by atoms with van der Waals surface area (Å²) in [5.74, 6) is -1.33. The van der Waals surface area contributed by atoms with Crippen LogP contribution in [0.1, 0.15) is 21.5 Å². The lowest BCUT2D eigenvalue weighted by Crippen LogP contribution is -2.37. The summed E-state index contributed by atoms with van der Waals surface area (Å²) in [7, 11) is 0. The average molecular weight is 459 g/mol. The maximum absolute atomic E-state index is 12.8. The molecular formula is C24H21N5O5. The molecule has 172 valence electrons. The summed E-state index contributed by atoms with van der Waals surface area (Å²) < 4.78 is 1.42. The highest BCUT2D eigenvalue weighted by molar-refractivity contribution is 6.04. The largest absolute Gasteiger partial charge is 0.343 e. The third kappa shape index (κ3) is 4.70. The molecule has 4 aromatic rings. The van der Waals surface area contributed by atoms with Crippen LogP contribution in [-0.4, -0.2) is 33.1 Å². The van der Waals surface area contributed by atoms with Crippen LogP contribution in [0.4, 0.5) is 5.69 Å². The van der Waals surface area contributed by atoms with Gasteiger partial charge in [0.1, 0.15) is 5.56 Å². The Kier molecular flexibility index (Phi) is 6.22. The van der Waals surface area contributed by atoms with E-state index in [1.54, 1.807) is 12.3 Å². The summed E-state index contributed by atoms with van der Waals surface area (Å²) in [4.78, 5) is 61.8. The lowest BCUT2D eigenvalue weighted by atomic mass is 10.1. The van der Waals surface area contributed by atoms with Crippen molar-refractivity contribution in [1.82, 2.24) is 20.1 Å². The standard InChI is InChI=1S/C24H21N5O5/c1-14-5-2-6-15(11-14)13-29-10-4-8-17(24(29)34)21(31)25-12-19(30)26-18-9-3-7-16-20(18)23(33)28-27-22(16)32/h2-11H,12-13H2,1H3,(H,25,31)(H,26,30)(H,27,32)(H,28,33). The van der Waals surface area contributed by atoms with E-state index in [0.29, 0.717) is 6.54 Å². The average Bonchev–Trinajstić information content (AvgIpc) is 2.81. The zero-order chi connectivity index (χ0) is 24.2. The summed E-state index contributed by atoms with van der Waals surface area (Å²) in [6.07, 6.45) is 1.59. The van der Waals surface area contributed by atoms with Crippen LogP contribution in [-0.2, 0) is 11.3 Å². The number of hydrogen-bond acceptors (Lipinski definition) is 5. The molecule has 0 aliphatic carbocycles. The second-order valence-corrected chi connectivity index (χ2v) is 7.71. The number of H-pyrrole nitrogens is 2. The summed E-state index contributed by atoms with van der Waals surface area (Å²) in [6, 6.07) is 15.1. The number of pyridine rings is 1. The summed E-state index contributed by atoms with van der Waals surface area (Å²) in [5, 5.41) is 9.49. The smallest absolute Gasteiger partial charge is 0.272 e. The Bertz CT molecular complexity index is 1580. The minimum Gasteiger partial charge on any atom is -0.343 e. The van der Waals surface area contributed by atoms with Crippen molar-refractivity contribution < 1.29 is 9.59 Å². The topological polar surface area (TPSA) is 146 Å². The molecule has 0 radical (unpaired) electrons. The molecule has 0 bridgehead atoms. The van der Waals surface area contributed by atoms with Crippen LogP contribution >= 0.6 is 0 Å². The molecule has 2 amide bonds. The Morgan fingerprint density at radius 3 is 2.50 bits per heavy atom. The summed E-state index contributed by atoms with van der Waals surface area (Å²) >= 11 is 0. The maximum Gasteiger partial charge on any atom is 0.272 e. The second kappa shape index (κ2) is 9.41. The molecule has 0 spiro atoms. The van der Waals surface area contributed by atoms with Crippen molar-refractivity contribution in [2.75, 3.05) is 11.9 Å². The fourth-order valence-corrected chi connectivity index (χ4v) is 3.63. The first-order valence-electron chi connectivity index (χ1n) is 10.4. The molecule has 10 nitrogen and oxygen atoms in total. The van der Waals surface area contributed by atoms with Gasteiger partial charge in [-0.05, 0) is 36.8 Å². The first-order valence-corrected chi connectivity index (χ1v) is 10.4. The third-order valence-electron chi connectivity index (χ3n) is 5.21. The van der Waals surface area contributed by atoms with E-state index in [1.165, 1.54) is 28.8 Å². The molecular weight excluding hydrogens is 438 g/mol. The van der Waals surface area contributed by atoms with E-state index in [-0.39, 0.29) is 22.0 Å². The number of aryl methyl sites for hydroxylation is 1. The van der Waals surface area contributed by atoms with Crippen molar-refractivity contribution >= 4 is 28.3 Å². The first-order chi connectivity index (χ1) is 16.3. The number of aromatic amines is 2. The lowest BCUT2D eigenvalue weighted by Gasteiger charge is -2.10. The van der Waals surface area contributed by atoms with Crippen LogP contribution in [0, 0.1) is 6.92 Å². The van der Waals surface area contributed by atoms with Crippen molar-refractivity contribution in [2.45, 2.75) is 13.5 Å². The van der Waals surface area contributed by atoms with Crippen molar-refractivity contribution in [3.63, 3.8) is 0 Å². The molecule has 34 heavy (non-hydrogen) atoms. The molecule has 0 atom stereocenters. The Labute approximate surface area is 192 Å². The van der Waals surface area contributed by atoms with Gasteiger partial charge in [0, 0.05) is 6.20 Å². The summed E-state index contributed by atoms with van der Waals surface area (Å²) in [6.45, 7) is 1.81. The van der Waals surface area contributed by atoms with Gasteiger partial charge in [-0.1, -0.05) is 35.9 Å². The number of nitrogens with zero attached hydrogens (tertiary/aromatic N) is 1. The number of benzene rings is 2. The Balaban J connectivity index is 1.46. The van der Waals surface area contributed by atoms with E-state index < -0.39 is 35.0 Å². The van der Waals surface area contributed by atoms with Gasteiger partial charge >= 0.3 is 0 Å². The number of nitrogens with one attached hydrogen (secondary N) is 4. The lowest BCUT2D eigenvalue weighted by molar-refractivity contribution is -0.115. The maximum atomic E-state index is 12.8. The van der Waals surface area contributed by atoms with E-state index in [1.807, 2.05) is 31.2 Å². The number of amides is 2. The van der Waals surface area contributed by atoms with Crippen molar-refractivity contribution in [2.24, 2.45) is 0 Å². The van der Waals surface area contributed by atoms with Crippen LogP contribution in [0.15, 0.2) is 75.2 Å². The number of anilines is 1. The highest BCUT2D eigenvalue weighted by Gasteiger charge is 2.15. The molecule has 0 saturated carbocycles. The highest BCUT2D eigenvalue weighted by Crippen LogP contribution is 2.16. The second-order valence-electron chi connectivity index (χ2n) is 7.71. The molecule has 0 fully saturated rings. The van der Waals surface area contributed by atoms with Crippen LogP contribution in [0.3, 0.4) is 0 Å².